The molecule has 1 aromatic carbocycles. The first kappa shape index (κ1) is 19.2. The molecule has 2 aromatic rings. The minimum Gasteiger partial charge on any atom is -0.339 e. The number of hydrogen-bond acceptors (Lipinski definition) is 4. The largest absolute Gasteiger partial charge is 0.339 e. The van der Waals surface area contributed by atoms with Crippen LogP contribution in [0.5, 0.6) is 0 Å². The molecule has 1 amide bonds. The number of aromatic nitrogens is 2. The van der Waals surface area contributed by atoms with Crippen molar-refractivity contribution in [3.63, 3.8) is 0 Å². The van der Waals surface area contributed by atoms with Crippen molar-refractivity contribution >= 4 is 5.91 Å². The summed E-state index contributed by atoms with van der Waals surface area (Å²) in [6.07, 6.45) is 6.18. The maximum atomic E-state index is 12.7. The Morgan fingerprint density at radius 1 is 0.929 bits per heavy atom. The first-order valence-electron chi connectivity index (χ1n) is 10.5. The summed E-state index contributed by atoms with van der Waals surface area (Å²) in [6.45, 7) is 8.22. The van der Waals surface area contributed by atoms with Gasteiger partial charge in [-0.15, -0.1) is 0 Å². The van der Waals surface area contributed by atoms with Crippen molar-refractivity contribution in [3.8, 4) is 0 Å². The highest BCUT2D eigenvalue weighted by atomic mass is 16.2. The molecule has 0 atom stereocenters. The van der Waals surface area contributed by atoms with Crippen LogP contribution in [0.2, 0.25) is 0 Å². The smallest absolute Gasteiger partial charge is 0.236 e. The van der Waals surface area contributed by atoms with E-state index in [0.29, 0.717) is 18.4 Å². The van der Waals surface area contributed by atoms with Gasteiger partial charge in [-0.25, -0.2) is 0 Å². The van der Waals surface area contributed by atoms with Crippen molar-refractivity contribution in [3.05, 3.63) is 54.4 Å². The fourth-order valence-electron chi connectivity index (χ4n) is 4.29. The van der Waals surface area contributed by atoms with E-state index in [0.717, 1.165) is 65.2 Å². The Balaban J connectivity index is 1.16. The third-order valence-corrected chi connectivity index (χ3v) is 6.04. The summed E-state index contributed by atoms with van der Waals surface area (Å²) in [5, 5.41) is 4.31. The van der Waals surface area contributed by atoms with Crippen molar-refractivity contribution < 1.29 is 4.79 Å². The van der Waals surface area contributed by atoms with Crippen LogP contribution in [0, 0.1) is 5.92 Å². The molecule has 4 rings (SSSR count). The summed E-state index contributed by atoms with van der Waals surface area (Å²) < 4.78 is 2.03. The Morgan fingerprint density at radius 3 is 2.36 bits per heavy atom. The summed E-state index contributed by atoms with van der Waals surface area (Å²) in [4.78, 5) is 19.5. The fraction of sp³-hybridized carbons (Fsp3) is 0.545. The number of benzene rings is 1. The minimum absolute atomic E-state index is 0.296. The molecule has 2 saturated heterocycles. The number of carbonyl (C=O) groups excluding carboxylic acids is 1. The topological polar surface area (TPSA) is 44.6 Å². The Kier molecular flexibility index (Phi) is 6.39. The average Bonchev–Trinajstić information content (AvgIpc) is 3.24. The van der Waals surface area contributed by atoms with Gasteiger partial charge in [0, 0.05) is 51.7 Å². The van der Waals surface area contributed by atoms with Crippen molar-refractivity contribution in [2.45, 2.75) is 25.9 Å². The van der Waals surface area contributed by atoms with Gasteiger partial charge in [-0.3, -0.25) is 19.3 Å². The molecule has 2 aliphatic heterocycles. The van der Waals surface area contributed by atoms with E-state index in [1.807, 2.05) is 23.1 Å². The molecule has 6 nitrogen and oxygen atoms in total. The van der Waals surface area contributed by atoms with Crippen molar-refractivity contribution in [1.82, 2.24) is 24.5 Å². The number of piperazine rings is 1. The van der Waals surface area contributed by atoms with Gasteiger partial charge < -0.3 is 4.90 Å². The summed E-state index contributed by atoms with van der Waals surface area (Å²) in [5.41, 5.74) is 1.35. The molecule has 0 radical (unpaired) electrons. The highest BCUT2D eigenvalue weighted by molar-refractivity contribution is 5.78. The fourth-order valence-corrected chi connectivity index (χ4v) is 4.29. The molecule has 0 N–H and O–H groups in total. The third-order valence-electron chi connectivity index (χ3n) is 6.04. The van der Waals surface area contributed by atoms with Crippen molar-refractivity contribution in [2.24, 2.45) is 5.92 Å². The zero-order chi connectivity index (χ0) is 19.2. The zero-order valence-electron chi connectivity index (χ0n) is 16.6. The molecule has 2 fully saturated rings. The Hall–Kier alpha value is -2.18. The van der Waals surface area contributed by atoms with Crippen LogP contribution < -0.4 is 0 Å². The predicted octanol–water partition coefficient (Wildman–Crippen LogP) is 1.94. The molecule has 0 unspecified atom stereocenters. The second kappa shape index (κ2) is 9.34. The van der Waals surface area contributed by atoms with Crippen LogP contribution in [0.15, 0.2) is 48.8 Å². The summed E-state index contributed by atoms with van der Waals surface area (Å²) in [7, 11) is 0. The van der Waals surface area contributed by atoms with Gasteiger partial charge in [0.15, 0.2) is 0 Å². The minimum atomic E-state index is 0.296. The molecule has 0 saturated carbocycles. The second-order valence-electron chi connectivity index (χ2n) is 8.09. The standard InChI is InChI=1S/C22H31N5O/c28-22(19-24-11-7-21(8-12-24)18-27-10-4-9-23-27)26-15-13-25(14-16-26)17-20-5-2-1-3-6-20/h1-6,9-10,21H,7-8,11-19H2. The van der Waals surface area contributed by atoms with Gasteiger partial charge in [0.1, 0.15) is 0 Å². The van der Waals surface area contributed by atoms with Crippen molar-refractivity contribution in [1.29, 1.82) is 0 Å². The van der Waals surface area contributed by atoms with Crippen LogP contribution in [0.25, 0.3) is 0 Å². The van der Waals surface area contributed by atoms with E-state index in [1.165, 1.54) is 5.56 Å². The van der Waals surface area contributed by atoms with Crippen molar-refractivity contribution in [2.75, 3.05) is 45.8 Å². The molecule has 150 valence electrons. The third kappa shape index (κ3) is 5.20. The van der Waals surface area contributed by atoms with Crippen LogP contribution >= 0.6 is 0 Å². The number of hydrogen-bond donors (Lipinski definition) is 0. The van der Waals surface area contributed by atoms with E-state index in [2.05, 4.69) is 50.1 Å². The van der Waals surface area contributed by atoms with Gasteiger partial charge in [-0.2, -0.15) is 5.10 Å². The van der Waals surface area contributed by atoms with Gasteiger partial charge in [0.25, 0.3) is 0 Å². The van der Waals surface area contributed by atoms with E-state index in [9.17, 15) is 4.79 Å². The second-order valence-corrected chi connectivity index (χ2v) is 8.09. The lowest BCUT2D eigenvalue weighted by atomic mass is 9.97. The predicted molar refractivity (Wildman–Crippen MR) is 110 cm³/mol. The normalized spacial score (nSPS) is 19.8. The number of rotatable bonds is 6. The van der Waals surface area contributed by atoms with Gasteiger partial charge in [0.2, 0.25) is 5.91 Å². The van der Waals surface area contributed by atoms with E-state index in [1.54, 1.807) is 0 Å². The number of carbonyl (C=O) groups is 1. The SMILES string of the molecule is O=C(CN1CCC(Cn2cccn2)CC1)N1CCN(Cc2ccccc2)CC1. The summed E-state index contributed by atoms with van der Waals surface area (Å²) >= 11 is 0. The maximum absolute atomic E-state index is 12.7. The maximum Gasteiger partial charge on any atom is 0.236 e. The first-order valence-corrected chi connectivity index (χ1v) is 10.5. The number of amides is 1. The number of nitrogens with zero attached hydrogens (tertiary/aromatic N) is 5. The van der Waals surface area contributed by atoms with Crippen LogP contribution in [0.4, 0.5) is 0 Å². The summed E-state index contributed by atoms with van der Waals surface area (Å²) in [6, 6.07) is 12.6. The molecular weight excluding hydrogens is 350 g/mol. The monoisotopic (exact) mass is 381 g/mol. The Labute approximate surface area is 167 Å². The molecule has 0 spiro atoms. The number of piperidine rings is 1. The first-order chi connectivity index (χ1) is 13.8. The van der Waals surface area contributed by atoms with Crippen LogP contribution in [0.3, 0.4) is 0 Å². The zero-order valence-corrected chi connectivity index (χ0v) is 16.6. The van der Waals surface area contributed by atoms with Gasteiger partial charge in [-0.05, 0) is 43.5 Å². The molecule has 28 heavy (non-hydrogen) atoms. The molecule has 3 heterocycles. The van der Waals surface area contributed by atoms with Gasteiger partial charge >= 0.3 is 0 Å². The highest BCUT2D eigenvalue weighted by Crippen LogP contribution is 2.19. The quantitative estimate of drug-likeness (QED) is 0.767. The van der Waals surface area contributed by atoms with Gasteiger partial charge in [-0.1, -0.05) is 30.3 Å². The molecule has 0 aliphatic carbocycles. The Bertz CT molecular complexity index is 717. The lowest BCUT2D eigenvalue weighted by Gasteiger charge is -2.37. The van der Waals surface area contributed by atoms with Crippen LogP contribution in [-0.2, 0) is 17.9 Å². The van der Waals surface area contributed by atoms with E-state index < -0.39 is 0 Å². The number of likely N-dealkylation sites (tertiary alicyclic amines) is 1. The lowest BCUT2D eigenvalue weighted by Crippen LogP contribution is -2.51. The summed E-state index contributed by atoms with van der Waals surface area (Å²) in [5.74, 6) is 0.970. The molecule has 1 aromatic heterocycles. The van der Waals surface area contributed by atoms with Crippen LogP contribution in [-0.4, -0.2) is 76.2 Å². The molecule has 0 bridgehead atoms. The molecule has 2 aliphatic rings. The van der Waals surface area contributed by atoms with Crippen LogP contribution in [0.1, 0.15) is 18.4 Å². The molecule has 6 heteroatoms. The van der Waals surface area contributed by atoms with E-state index in [4.69, 9.17) is 0 Å². The molecular formula is C22H31N5O. The van der Waals surface area contributed by atoms with E-state index in [-0.39, 0.29) is 0 Å². The highest BCUT2D eigenvalue weighted by Gasteiger charge is 2.25. The van der Waals surface area contributed by atoms with E-state index >= 15 is 0 Å². The van der Waals surface area contributed by atoms with Gasteiger partial charge in [0.05, 0.1) is 6.54 Å². The lowest BCUT2D eigenvalue weighted by molar-refractivity contribution is -0.134. The Morgan fingerprint density at radius 2 is 1.68 bits per heavy atom. The average molecular weight is 382 g/mol.